The molecule has 0 radical (unpaired) electrons. The van der Waals surface area contributed by atoms with Gasteiger partial charge in [0.15, 0.2) is 0 Å². The van der Waals surface area contributed by atoms with Gasteiger partial charge in [0.2, 0.25) is 5.91 Å². The molecule has 0 aliphatic heterocycles. The van der Waals surface area contributed by atoms with Crippen molar-refractivity contribution < 1.29 is 9.59 Å². The fourth-order valence-electron chi connectivity index (χ4n) is 2.26. The van der Waals surface area contributed by atoms with Crippen molar-refractivity contribution in [3.8, 4) is 0 Å². The molecule has 0 bridgehead atoms. The number of carbonyl (C=O) groups excluding carboxylic acids is 2. The van der Waals surface area contributed by atoms with Gasteiger partial charge in [0.05, 0.1) is 0 Å². The molecule has 2 amide bonds. The lowest BCUT2D eigenvalue weighted by Crippen LogP contribution is -2.40. The summed E-state index contributed by atoms with van der Waals surface area (Å²) >= 11 is 0. The number of benzene rings is 2. The van der Waals surface area contributed by atoms with Gasteiger partial charge in [0, 0.05) is 16.8 Å². The van der Waals surface area contributed by atoms with E-state index in [0.717, 1.165) is 11.1 Å². The average Bonchev–Trinajstić information content (AvgIpc) is 2.54. The summed E-state index contributed by atoms with van der Waals surface area (Å²) < 4.78 is 0. The molecule has 4 N–H and O–H groups in total. The van der Waals surface area contributed by atoms with Crippen LogP contribution in [0, 0.1) is 6.92 Å². The van der Waals surface area contributed by atoms with Gasteiger partial charge < -0.3 is 16.4 Å². The molecule has 1 unspecified atom stereocenters. The van der Waals surface area contributed by atoms with Crippen LogP contribution in [-0.4, -0.2) is 17.4 Å². The quantitative estimate of drug-likeness (QED) is 0.800. The zero-order valence-corrected chi connectivity index (χ0v) is 15.1. The molecule has 0 aromatic heterocycles. The Morgan fingerprint density at radius 2 is 1.52 bits per heavy atom. The van der Waals surface area contributed by atoms with Crippen LogP contribution in [0.5, 0.6) is 0 Å². The number of nitrogens with two attached hydrogens (primary N) is 1. The second-order valence-electron chi connectivity index (χ2n) is 7.16. The summed E-state index contributed by atoms with van der Waals surface area (Å²) in [5, 5.41) is 5.67. The SMILES string of the molecule is Cc1ccc(C(N)C(=O)Nc2ccc(C(=O)NC(C)(C)C)cc2)cc1. The third kappa shape index (κ3) is 5.43. The van der Waals surface area contributed by atoms with Crippen LogP contribution in [-0.2, 0) is 4.79 Å². The predicted octanol–water partition coefficient (Wildman–Crippen LogP) is 3.16. The summed E-state index contributed by atoms with van der Waals surface area (Å²) in [5.41, 5.74) is 8.71. The van der Waals surface area contributed by atoms with E-state index in [1.54, 1.807) is 24.3 Å². The van der Waals surface area contributed by atoms with Crippen molar-refractivity contribution in [2.24, 2.45) is 5.73 Å². The van der Waals surface area contributed by atoms with Crippen LogP contribution in [0.1, 0.15) is 48.3 Å². The molecular formula is C20H25N3O2. The molecule has 0 aliphatic carbocycles. The van der Waals surface area contributed by atoms with Crippen LogP contribution in [0.4, 0.5) is 5.69 Å². The summed E-state index contributed by atoms with van der Waals surface area (Å²) in [6.07, 6.45) is 0. The molecule has 5 heteroatoms. The minimum Gasteiger partial charge on any atom is -0.347 e. The second-order valence-corrected chi connectivity index (χ2v) is 7.16. The number of amides is 2. The van der Waals surface area contributed by atoms with Crippen molar-refractivity contribution in [3.05, 3.63) is 65.2 Å². The minimum atomic E-state index is -0.746. The molecule has 2 aromatic rings. The van der Waals surface area contributed by atoms with Gasteiger partial charge in [0.1, 0.15) is 6.04 Å². The number of carbonyl (C=O) groups is 2. The molecule has 2 rings (SSSR count). The van der Waals surface area contributed by atoms with E-state index in [0.29, 0.717) is 11.3 Å². The zero-order chi connectivity index (χ0) is 18.6. The molecule has 1 atom stereocenters. The fraction of sp³-hybridized carbons (Fsp3) is 0.300. The molecule has 0 heterocycles. The maximum atomic E-state index is 12.3. The first-order chi connectivity index (χ1) is 11.7. The van der Waals surface area contributed by atoms with E-state index in [2.05, 4.69) is 10.6 Å². The van der Waals surface area contributed by atoms with E-state index in [9.17, 15) is 9.59 Å². The second kappa shape index (κ2) is 7.49. The van der Waals surface area contributed by atoms with Crippen LogP contribution in [0.2, 0.25) is 0 Å². The Hall–Kier alpha value is -2.66. The van der Waals surface area contributed by atoms with Gasteiger partial charge in [-0.25, -0.2) is 0 Å². The van der Waals surface area contributed by atoms with Crippen LogP contribution in [0.3, 0.4) is 0 Å². The number of aryl methyl sites for hydroxylation is 1. The maximum Gasteiger partial charge on any atom is 0.251 e. The highest BCUT2D eigenvalue weighted by molar-refractivity contribution is 5.97. The Balaban J connectivity index is 2.01. The Morgan fingerprint density at radius 1 is 0.960 bits per heavy atom. The lowest BCUT2D eigenvalue weighted by Gasteiger charge is -2.20. The van der Waals surface area contributed by atoms with Crippen LogP contribution in [0.25, 0.3) is 0 Å². The maximum absolute atomic E-state index is 12.3. The van der Waals surface area contributed by atoms with Crippen LogP contribution in [0.15, 0.2) is 48.5 Å². The standard InChI is InChI=1S/C20H25N3O2/c1-13-5-7-14(8-6-13)17(21)19(25)22-16-11-9-15(10-12-16)18(24)23-20(2,3)4/h5-12,17H,21H2,1-4H3,(H,22,25)(H,23,24). The van der Waals surface area contributed by atoms with Gasteiger partial charge in [-0.3, -0.25) is 9.59 Å². The molecule has 0 aliphatic rings. The number of rotatable bonds is 4. The van der Waals surface area contributed by atoms with E-state index < -0.39 is 6.04 Å². The number of hydrogen-bond donors (Lipinski definition) is 3. The lowest BCUT2D eigenvalue weighted by molar-refractivity contribution is -0.117. The van der Waals surface area contributed by atoms with Gasteiger partial charge >= 0.3 is 0 Å². The summed E-state index contributed by atoms with van der Waals surface area (Å²) in [5.74, 6) is -0.447. The predicted molar refractivity (Wildman–Crippen MR) is 100 cm³/mol. The van der Waals surface area contributed by atoms with Gasteiger partial charge in [-0.15, -0.1) is 0 Å². The van der Waals surface area contributed by atoms with Crippen LogP contribution >= 0.6 is 0 Å². The highest BCUT2D eigenvalue weighted by atomic mass is 16.2. The highest BCUT2D eigenvalue weighted by Gasteiger charge is 2.17. The summed E-state index contributed by atoms with van der Waals surface area (Å²) in [6.45, 7) is 7.75. The molecule has 25 heavy (non-hydrogen) atoms. The van der Waals surface area contributed by atoms with E-state index >= 15 is 0 Å². The van der Waals surface area contributed by atoms with E-state index in [4.69, 9.17) is 5.73 Å². The molecule has 5 nitrogen and oxygen atoms in total. The number of nitrogens with one attached hydrogen (secondary N) is 2. The lowest BCUT2D eigenvalue weighted by atomic mass is 10.1. The Morgan fingerprint density at radius 3 is 2.04 bits per heavy atom. The largest absolute Gasteiger partial charge is 0.347 e. The Labute approximate surface area is 148 Å². The molecular weight excluding hydrogens is 314 g/mol. The molecule has 2 aromatic carbocycles. The zero-order valence-electron chi connectivity index (χ0n) is 15.1. The van der Waals surface area contributed by atoms with Crippen molar-refractivity contribution in [2.45, 2.75) is 39.3 Å². The third-order valence-electron chi connectivity index (χ3n) is 3.62. The monoisotopic (exact) mass is 339 g/mol. The van der Waals surface area contributed by atoms with Crippen LogP contribution < -0.4 is 16.4 Å². The van der Waals surface area contributed by atoms with Gasteiger partial charge in [0.25, 0.3) is 5.91 Å². The van der Waals surface area contributed by atoms with Gasteiger partial charge in [-0.05, 0) is 57.5 Å². The van der Waals surface area contributed by atoms with Gasteiger partial charge in [-0.1, -0.05) is 29.8 Å². The minimum absolute atomic E-state index is 0.151. The highest BCUT2D eigenvalue weighted by Crippen LogP contribution is 2.16. The Kier molecular flexibility index (Phi) is 5.59. The first-order valence-electron chi connectivity index (χ1n) is 8.21. The van der Waals surface area contributed by atoms with E-state index in [-0.39, 0.29) is 17.4 Å². The average molecular weight is 339 g/mol. The van der Waals surface area contributed by atoms with Crippen molar-refractivity contribution in [1.82, 2.24) is 5.32 Å². The smallest absolute Gasteiger partial charge is 0.251 e. The molecule has 0 spiro atoms. The fourth-order valence-corrected chi connectivity index (χ4v) is 2.26. The van der Waals surface area contributed by atoms with Crippen molar-refractivity contribution in [2.75, 3.05) is 5.32 Å². The third-order valence-corrected chi connectivity index (χ3v) is 3.62. The van der Waals surface area contributed by atoms with Crippen molar-refractivity contribution >= 4 is 17.5 Å². The molecule has 132 valence electrons. The summed E-state index contributed by atoms with van der Waals surface area (Å²) in [4.78, 5) is 24.4. The number of hydrogen-bond acceptors (Lipinski definition) is 3. The van der Waals surface area contributed by atoms with Crippen molar-refractivity contribution in [1.29, 1.82) is 0 Å². The normalized spacial score (nSPS) is 12.4. The van der Waals surface area contributed by atoms with Crippen molar-refractivity contribution in [3.63, 3.8) is 0 Å². The van der Waals surface area contributed by atoms with E-state index in [1.807, 2.05) is 52.0 Å². The number of anilines is 1. The molecule has 0 saturated carbocycles. The first kappa shape index (κ1) is 18.7. The molecule has 0 saturated heterocycles. The summed E-state index contributed by atoms with van der Waals surface area (Å²) in [7, 11) is 0. The Bertz CT molecular complexity index is 744. The van der Waals surface area contributed by atoms with E-state index in [1.165, 1.54) is 0 Å². The topological polar surface area (TPSA) is 84.2 Å². The van der Waals surface area contributed by atoms with Gasteiger partial charge in [-0.2, -0.15) is 0 Å². The summed E-state index contributed by atoms with van der Waals surface area (Å²) in [6, 6.07) is 13.5. The first-order valence-corrected chi connectivity index (χ1v) is 8.21. The molecule has 0 fully saturated rings.